The van der Waals surface area contributed by atoms with E-state index in [0.717, 1.165) is 24.1 Å². The van der Waals surface area contributed by atoms with Gasteiger partial charge in [-0.05, 0) is 54.5 Å². The summed E-state index contributed by atoms with van der Waals surface area (Å²) in [6.07, 6.45) is 3.52. The highest BCUT2D eigenvalue weighted by Gasteiger charge is 2.40. The van der Waals surface area contributed by atoms with Crippen molar-refractivity contribution in [3.8, 4) is 17.1 Å². The lowest BCUT2D eigenvalue weighted by Crippen LogP contribution is -2.37. The largest absolute Gasteiger partial charge is 0.477 e. The van der Waals surface area contributed by atoms with Crippen molar-refractivity contribution >= 4 is 0 Å². The van der Waals surface area contributed by atoms with Crippen LogP contribution in [0, 0.1) is 17.6 Å². The highest BCUT2D eigenvalue weighted by Crippen LogP contribution is 2.45. The molecule has 2 heterocycles. The quantitative estimate of drug-likeness (QED) is 0.543. The molecule has 4 rings (SSSR count). The Morgan fingerprint density at radius 1 is 1.10 bits per heavy atom. The molecule has 30 heavy (non-hydrogen) atoms. The third-order valence-corrected chi connectivity index (χ3v) is 6.00. The molecule has 2 aromatic heterocycles. The Morgan fingerprint density at radius 3 is 2.53 bits per heavy atom. The molecule has 0 radical (unpaired) electrons. The number of halogens is 2. The van der Waals surface area contributed by atoms with Gasteiger partial charge in [0.2, 0.25) is 5.88 Å². The average molecular weight is 409 g/mol. The molecule has 0 fully saturated rings. The number of hydrogen-bond acceptors (Lipinski definition) is 4. The summed E-state index contributed by atoms with van der Waals surface area (Å²) in [5, 5.41) is 8.72. The summed E-state index contributed by atoms with van der Waals surface area (Å²) in [6.45, 7) is 6.82. The zero-order chi connectivity index (χ0) is 21.3. The normalized spacial score (nSPS) is 20.8. The first kappa shape index (κ1) is 20.4. The first-order chi connectivity index (χ1) is 14.4. The molecule has 4 nitrogen and oxygen atoms in total. The summed E-state index contributed by atoms with van der Waals surface area (Å²) in [5.74, 6) is -0.103. The van der Waals surface area contributed by atoms with E-state index in [2.05, 4.69) is 36.0 Å². The van der Waals surface area contributed by atoms with Crippen LogP contribution in [0.5, 0.6) is 5.88 Å². The minimum absolute atomic E-state index is 0.132. The molecular formula is C24H25F2N3O. The second-order valence-electron chi connectivity index (χ2n) is 8.54. The summed E-state index contributed by atoms with van der Waals surface area (Å²) in [7, 11) is 0. The van der Waals surface area contributed by atoms with E-state index < -0.39 is 11.6 Å². The van der Waals surface area contributed by atoms with Crippen molar-refractivity contribution < 1.29 is 13.5 Å². The Morgan fingerprint density at radius 2 is 1.87 bits per heavy atom. The summed E-state index contributed by atoms with van der Waals surface area (Å²) in [5.41, 5.74) is 1.56. The highest BCUT2D eigenvalue weighted by atomic mass is 19.1. The zero-order valence-electron chi connectivity index (χ0n) is 17.4. The Hall–Kier alpha value is -2.89. The van der Waals surface area contributed by atoms with Gasteiger partial charge in [-0.1, -0.05) is 32.9 Å². The Kier molecular flexibility index (Phi) is 5.50. The molecule has 1 aliphatic carbocycles. The SMILES string of the molecule is CC(C)[C@H]1CC[C@](C)(COc2ccccn2)c2nnc(-c3c(F)cccc3F)cc21. The standard InChI is InChI=1S/C24H25F2N3O/c1-15(2)16-10-11-24(3,14-30-21-9-4-5-12-27-21)23-17(16)13-20(28-29-23)22-18(25)7-6-8-19(22)26/h4-9,12-13,15-16H,10-11,14H2,1-3H3/t16-,24-/m1/s1. The predicted molar refractivity (Wildman–Crippen MR) is 111 cm³/mol. The summed E-state index contributed by atoms with van der Waals surface area (Å²) >= 11 is 0. The van der Waals surface area contributed by atoms with E-state index in [1.54, 1.807) is 6.20 Å². The van der Waals surface area contributed by atoms with Crippen LogP contribution in [0.15, 0.2) is 48.7 Å². The second-order valence-corrected chi connectivity index (χ2v) is 8.54. The Labute approximate surface area is 175 Å². The van der Waals surface area contributed by atoms with Crippen molar-refractivity contribution in [3.05, 3.63) is 71.6 Å². The summed E-state index contributed by atoms with van der Waals surface area (Å²) < 4.78 is 34.7. The fraction of sp³-hybridized carbons (Fsp3) is 0.375. The molecule has 3 aromatic rings. The van der Waals surface area contributed by atoms with Gasteiger partial charge < -0.3 is 4.74 Å². The third kappa shape index (κ3) is 3.78. The van der Waals surface area contributed by atoms with Crippen LogP contribution in [-0.4, -0.2) is 21.8 Å². The Bertz CT molecular complexity index is 1020. The van der Waals surface area contributed by atoms with Gasteiger partial charge >= 0.3 is 0 Å². The van der Waals surface area contributed by atoms with Crippen LogP contribution in [0.25, 0.3) is 11.3 Å². The van der Waals surface area contributed by atoms with Gasteiger partial charge in [0, 0.05) is 17.7 Å². The fourth-order valence-electron chi connectivity index (χ4n) is 4.27. The van der Waals surface area contributed by atoms with Crippen molar-refractivity contribution in [3.63, 3.8) is 0 Å². The number of ether oxygens (including phenoxy) is 1. The van der Waals surface area contributed by atoms with Gasteiger partial charge in [-0.3, -0.25) is 0 Å². The van der Waals surface area contributed by atoms with Crippen molar-refractivity contribution in [2.45, 2.75) is 44.9 Å². The van der Waals surface area contributed by atoms with E-state index in [0.29, 0.717) is 18.4 Å². The maximum Gasteiger partial charge on any atom is 0.213 e. The monoisotopic (exact) mass is 409 g/mol. The van der Waals surface area contributed by atoms with Crippen LogP contribution in [0.4, 0.5) is 8.78 Å². The Balaban J connectivity index is 1.74. The molecule has 0 N–H and O–H groups in total. The molecule has 1 aromatic carbocycles. The number of hydrogen-bond donors (Lipinski definition) is 0. The topological polar surface area (TPSA) is 47.9 Å². The van der Waals surface area contributed by atoms with Crippen molar-refractivity contribution in [2.75, 3.05) is 6.61 Å². The van der Waals surface area contributed by atoms with Crippen LogP contribution in [0.3, 0.4) is 0 Å². The van der Waals surface area contributed by atoms with Gasteiger partial charge in [0.25, 0.3) is 0 Å². The molecule has 156 valence electrons. The highest BCUT2D eigenvalue weighted by molar-refractivity contribution is 5.62. The van der Waals surface area contributed by atoms with E-state index in [1.807, 2.05) is 24.3 Å². The van der Waals surface area contributed by atoms with E-state index in [4.69, 9.17) is 4.74 Å². The number of aromatic nitrogens is 3. The number of pyridine rings is 1. The van der Waals surface area contributed by atoms with Gasteiger partial charge in [-0.2, -0.15) is 10.2 Å². The van der Waals surface area contributed by atoms with E-state index in [-0.39, 0.29) is 22.6 Å². The number of benzene rings is 1. The lowest BCUT2D eigenvalue weighted by Gasteiger charge is -2.39. The van der Waals surface area contributed by atoms with Crippen molar-refractivity contribution in [1.29, 1.82) is 0 Å². The first-order valence-corrected chi connectivity index (χ1v) is 10.3. The maximum absolute atomic E-state index is 14.3. The molecule has 1 aliphatic rings. The van der Waals surface area contributed by atoms with Crippen LogP contribution in [0.1, 0.15) is 50.8 Å². The molecule has 0 bridgehead atoms. The second kappa shape index (κ2) is 8.09. The van der Waals surface area contributed by atoms with Crippen molar-refractivity contribution in [2.24, 2.45) is 5.92 Å². The van der Waals surface area contributed by atoms with Crippen molar-refractivity contribution in [1.82, 2.24) is 15.2 Å². The van der Waals surface area contributed by atoms with E-state index in [1.165, 1.54) is 18.2 Å². The minimum atomic E-state index is -0.637. The minimum Gasteiger partial charge on any atom is -0.477 e. The molecule has 0 unspecified atom stereocenters. The zero-order valence-corrected chi connectivity index (χ0v) is 17.4. The molecule has 0 amide bonds. The molecule has 0 spiro atoms. The van der Waals surface area contributed by atoms with Crippen LogP contribution < -0.4 is 4.74 Å². The van der Waals surface area contributed by atoms with E-state index in [9.17, 15) is 8.78 Å². The fourth-order valence-corrected chi connectivity index (χ4v) is 4.27. The van der Waals surface area contributed by atoms with Gasteiger partial charge in [-0.15, -0.1) is 0 Å². The van der Waals surface area contributed by atoms with E-state index >= 15 is 0 Å². The average Bonchev–Trinajstić information content (AvgIpc) is 2.73. The van der Waals surface area contributed by atoms with Crippen LogP contribution in [-0.2, 0) is 5.41 Å². The van der Waals surface area contributed by atoms with Gasteiger partial charge in [0.05, 0.1) is 17.0 Å². The first-order valence-electron chi connectivity index (χ1n) is 10.3. The third-order valence-electron chi connectivity index (χ3n) is 6.00. The lowest BCUT2D eigenvalue weighted by atomic mass is 9.68. The number of rotatable bonds is 5. The molecule has 0 saturated carbocycles. The van der Waals surface area contributed by atoms with Crippen LogP contribution >= 0.6 is 0 Å². The van der Waals surface area contributed by atoms with Crippen LogP contribution in [0.2, 0.25) is 0 Å². The summed E-state index contributed by atoms with van der Waals surface area (Å²) in [6, 6.07) is 11.2. The van der Waals surface area contributed by atoms with Gasteiger partial charge in [0.1, 0.15) is 18.2 Å². The van der Waals surface area contributed by atoms with Gasteiger partial charge in [0.15, 0.2) is 0 Å². The van der Waals surface area contributed by atoms with Gasteiger partial charge in [-0.25, -0.2) is 13.8 Å². The predicted octanol–water partition coefficient (Wildman–Crippen LogP) is 5.69. The molecule has 2 atom stereocenters. The molecule has 0 saturated heterocycles. The summed E-state index contributed by atoms with van der Waals surface area (Å²) in [4.78, 5) is 4.22. The molecule has 0 aliphatic heterocycles. The maximum atomic E-state index is 14.3. The molecular weight excluding hydrogens is 384 g/mol. The smallest absolute Gasteiger partial charge is 0.213 e. The molecule has 6 heteroatoms. The number of fused-ring (bicyclic) bond motifs is 1. The lowest BCUT2D eigenvalue weighted by molar-refractivity contribution is 0.185. The number of nitrogens with zero attached hydrogens (tertiary/aromatic N) is 3.